The van der Waals surface area contributed by atoms with E-state index in [9.17, 15) is 5.11 Å². The van der Waals surface area contributed by atoms with Crippen LogP contribution in [0.25, 0.3) is 0 Å². The molecule has 0 spiro atoms. The number of nitrogens with zero attached hydrogens (tertiary/aromatic N) is 1. The average Bonchev–Trinajstić information content (AvgIpc) is 2.18. The number of pyridine rings is 1. The highest BCUT2D eigenvalue weighted by Gasteiger charge is 2.05. The fourth-order valence-corrected chi connectivity index (χ4v) is 1.67. The van der Waals surface area contributed by atoms with E-state index in [-0.39, 0.29) is 0 Å². The van der Waals surface area contributed by atoms with E-state index in [1.807, 2.05) is 25.3 Å². The van der Waals surface area contributed by atoms with Gasteiger partial charge in [0.25, 0.3) is 0 Å². The summed E-state index contributed by atoms with van der Waals surface area (Å²) in [4.78, 5) is 5.36. The van der Waals surface area contributed by atoms with Gasteiger partial charge in [0.15, 0.2) is 0 Å². The van der Waals surface area contributed by atoms with E-state index >= 15 is 0 Å². The molecule has 2 nitrogen and oxygen atoms in total. The highest BCUT2D eigenvalue weighted by atomic mass is 32.2. The van der Waals surface area contributed by atoms with Crippen molar-refractivity contribution in [3.63, 3.8) is 0 Å². The van der Waals surface area contributed by atoms with E-state index in [4.69, 9.17) is 0 Å². The molecule has 0 saturated carbocycles. The zero-order valence-electron chi connectivity index (χ0n) is 8.03. The lowest BCUT2D eigenvalue weighted by Crippen LogP contribution is -1.97. The normalized spacial score (nSPS) is 12.8. The minimum atomic E-state index is -0.416. The van der Waals surface area contributed by atoms with Crippen molar-refractivity contribution >= 4 is 11.8 Å². The van der Waals surface area contributed by atoms with Crippen molar-refractivity contribution in [3.05, 3.63) is 24.0 Å². The highest BCUT2D eigenvalue weighted by molar-refractivity contribution is 7.99. The van der Waals surface area contributed by atoms with E-state index in [1.165, 1.54) is 0 Å². The number of hydrogen-bond donors (Lipinski definition) is 1. The smallest absolute Gasteiger partial charge is 0.0957 e. The summed E-state index contributed by atoms with van der Waals surface area (Å²) in [5, 5.41) is 9.48. The predicted octanol–water partition coefficient (Wildman–Crippen LogP) is 2.64. The lowest BCUT2D eigenvalue weighted by Gasteiger charge is -2.06. The standard InChI is InChI=1S/C10H15NOS/c1-3-10(12)9-6-5-8(7-11-9)13-4-2/h5-7,10,12H,3-4H2,1-2H3/t10-/m1/s1. The van der Waals surface area contributed by atoms with Crippen LogP contribution in [0, 0.1) is 0 Å². The maximum atomic E-state index is 9.48. The number of aliphatic hydroxyl groups excluding tert-OH is 1. The summed E-state index contributed by atoms with van der Waals surface area (Å²) >= 11 is 1.76. The van der Waals surface area contributed by atoms with Crippen LogP contribution in [0.5, 0.6) is 0 Å². The molecule has 1 rings (SSSR count). The molecule has 0 fully saturated rings. The van der Waals surface area contributed by atoms with Crippen molar-refractivity contribution in [1.82, 2.24) is 4.98 Å². The SMILES string of the molecule is CCSc1ccc([C@H](O)CC)nc1. The first-order valence-corrected chi connectivity index (χ1v) is 5.53. The fourth-order valence-electron chi connectivity index (χ4n) is 1.05. The minimum Gasteiger partial charge on any atom is -0.387 e. The summed E-state index contributed by atoms with van der Waals surface area (Å²) in [5.74, 6) is 1.05. The van der Waals surface area contributed by atoms with Gasteiger partial charge < -0.3 is 5.11 Å². The molecule has 0 saturated heterocycles. The molecule has 0 radical (unpaired) electrons. The molecule has 1 aromatic heterocycles. The number of aliphatic hydroxyl groups is 1. The Morgan fingerprint density at radius 2 is 2.23 bits per heavy atom. The topological polar surface area (TPSA) is 33.1 Å². The molecule has 0 aliphatic carbocycles. The summed E-state index contributed by atoms with van der Waals surface area (Å²) in [7, 11) is 0. The lowest BCUT2D eigenvalue weighted by molar-refractivity contribution is 0.169. The third-order valence-corrected chi connectivity index (χ3v) is 2.66. The van der Waals surface area contributed by atoms with Crippen LogP contribution in [-0.2, 0) is 0 Å². The Hall–Kier alpha value is -0.540. The van der Waals surface area contributed by atoms with E-state index in [0.29, 0.717) is 6.42 Å². The number of hydrogen-bond acceptors (Lipinski definition) is 3. The van der Waals surface area contributed by atoms with Crippen LogP contribution >= 0.6 is 11.8 Å². The van der Waals surface area contributed by atoms with Gasteiger partial charge in [0, 0.05) is 11.1 Å². The van der Waals surface area contributed by atoms with Gasteiger partial charge in [0.05, 0.1) is 11.8 Å². The van der Waals surface area contributed by atoms with Gasteiger partial charge in [-0.25, -0.2) is 0 Å². The van der Waals surface area contributed by atoms with Gasteiger partial charge in [-0.05, 0) is 24.3 Å². The molecule has 1 N–H and O–H groups in total. The van der Waals surface area contributed by atoms with E-state index in [1.54, 1.807) is 11.8 Å². The first-order chi connectivity index (χ1) is 6.27. The Bertz CT molecular complexity index is 248. The molecule has 1 heterocycles. The minimum absolute atomic E-state index is 0.416. The van der Waals surface area contributed by atoms with Crippen molar-refractivity contribution in [2.24, 2.45) is 0 Å². The first kappa shape index (κ1) is 10.5. The summed E-state index contributed by atoms with van der Waals surface area (Å²) in [6, 6.07) is 3.90. The summed E-state index contributed by atoms with van der Waals surface area (Å²) in [6.07, 6.45) is 2.12. The molecule has 0 bridgehead atoms. The summed E-state index contributed by atoms with van der Waals surface area (Å²) < 4.78 is 0. The van der Waals surface area contributed by atoms with Crippen molar-refractivity contribution in [2.75, 3.05) is 5.75 Å². The van der Waals surface area contributed by atoms with Gasteiger partial charge in [-0.3, -0.25) is 4.98 Å². The third kappa shape index (κ3) is 3.01. The van der Waals surface area contributed by atoms with Crippen LogP contribution in [-0.4, -0.2) is 15.8 Å². The Morgan fingerprint density at radius 1 is 1.46 bits per heavy atom. The quantitative estimate of drug-likeness (QED) is 0.753. The van der Waals surface area contributed by atoms with Gasteiger partial charge in [-0.1, -0.05) is 13.8 Å². The van der Waals surface area contributed by atoms with Crippen molar-refractivity contribution in [2.45, 2.75) is 31.3 Å². The second-order valence-corrected chi connectivity index (χ2v) is 4.11. The van der Waals surface area contributed by atoms with Gasteiger partial charge in [-0.15, -0.1) is 11.8 Å². The van der Waals surface area contributed by atoms with Gasteiger partial charge in [-0.2, -0.15) is 0 Å². The molecule has 1 aromatic rings. The molecule has 0 unspecified atom stereocenters. The van der Waals surface area contributed by atoms with Crippen LogP contribution < -0.4 is 0 Å². The maximum Gasteiger partial charge on any atom is 0.0957 e. The molecule has 0 aromatic carbocycles. The van der Waals surface area contributed by atoms with E-state index in [0.717, 1.165) is 16.3 Å². The largest absolute Gasteiger partial charge is 0.387 e. The first-order valence-electron chi connectivity index (χ1n) is 4.54. The molecule has 0 amide bonds. The van der Waals surface area contributed by atoms with Gasteiger partial charge in [0.2, 0.25) is 0 Å². The lowest BCUT2D eigenvalue weighted by atomic mass is 10.2. The molecule has 1 atom stereocenters. The second kappa shape index (κ2) is 5.25. The fraction of sp³-hybridized carbons (Fsp3) is 0.500. The third-order valence-electron chi connectivity index (χ3n) is 1.80. The number of aromatic nitrogens is 1. The molecule has 13 heavy (non-hydrogen) atoms. The Balaban J connectivity index is 2.69. The van der Waals surface area contributed by atoms with Crippen LogP contribution in [0.4, 0.5) is 0 Å². The van der Waals surface area contributed by atoms with Crippen molar-refractivity contribution in [3.8, 4) is 0 Å². The van der Waals surface area contributed by atoms with Crippen molar-refractivity contribution in [1.29, 1.82) is 0 Å². The Labute approximate surface area is 83.4 Å². The highest BCUT2D eigenvalue weighted by Crippen LogP contribution is 2.19. The van der Waals surface area contributed by atoms with Crippen LogP contribution in [0.15, 0.2) is 23.2 Å². The number of thioether (sulfide) groups is 1. The zero-order valence-corrected chi connectivity index (χ0v) is 8.84. The summed E-state index contributed by atoms with van der Waals surface area (Å²) in [6.45, 7) is 4.06. The Kier molecular flexibility index (Phi) is 4.25. The molecule has 3 heteroatoms. The van der Waals surface area contributed by atoms with Gasteiger partial charge in [0.1, 0.15) is 0 Å². The molecular formula is C10H15NOS. The van der Waals surface area contributed by atoms with Gasteiger partial charge >= 0.3 is 0 Å². The monoisotopic (exact) mass is 197 g/mol. The second-order valence-electron chi connectivity index (χ2n) is 2.78. The zero-order chi connectivity index (χ0) is 9.68. The van der Waals surface area contributed by atoms with Crippen LogP contribution in [0.3, 0.4) is 0 Å². The molecule has 0 aliphatic heterocycles. The predicted molar refractivity (Wildman–Crippen MR) is 55.9 cm³/mol. The average molecular weight is 197 g/mol. The molecular weight excluding hydrogens is 182 g/mol. The van der Waals surface area contributed by atoms with Crippen molar-refractivity contribution < 1.29 is 5.11 Å². The van der Waals surface area contributed by atoms with E-state index < -0.39 is 6.10 Å². The number of rotatable bonds is 4. The molecule has 0 aliphatic rings. The Morgan fingerprint density at radius 3 is 2.69 bits per heavy atom. The van der Waals surface area contributed by atoms with E-state index in [2.05, 4.69) is 11.9 Å². The molecule has 72 valence electrons. The maximum absolute atomic E-state index is 9.48. The van der Waals surface area contributed by atoms with Crippen LogP contribution in [0.1, 0.15) is 32.1 Å². The summed E-state index contributed by atoms with van der Waals surface area (Å²) in [5.41, 5.74) is 0.767. The van der Waals surface area contributed by atoms with Crippen LogP contribution in [0.2, 0.25) is 0 Å².